The fourth-order valence-electron chi connectivity index (χ4n) is 1.76. The Kier molecular flexibility index (Phi) is 3.63. The maximum atomic E-state index is 11.6. The molecule has 7 heteroatoms. The van der Waals surface area contributed by atoms with E-state index in [0.29, 0.717) is 10.0 Å². The number of hydrogen-bond donors (Lipinski definition) is 1. The molecule has 1 atom stereocenters. The van der Waals surface area contributed by atoms with Crippen LogP contribution < -0.4 is 4.90 Å². The van der Waals surface area contributed by atoms with Gasteiger partial charge in [-0.2, -0.15) is 0 Å². The summed E-state index contributed by atoms with van der Waals surface area (Å²) in [6.45, 7) is 3.99. The predicted octanol–water partition coefficient (Wildman–Crippen LogP) is 0.726. The Hall–Kier alpha value is -1.47. The van der Waals surface area contributed by atoms with Crippen LogP contribution in [0.3, 0.4) is 0 Å². The van der Waals surface area contributed by atoms with Crippen molar-refractivity contribution in [3.8, 4) is 0 Å². The van der Waals surface area contributed by atoms with Gasteiger partial charge >= 0.3 is 5.97 Å². The van der Waals surface area contributed by atoms with E-state index in [1.807, 2.05) is 0 Å². The van der Waals surface area contributed by atoms with Gasteiger partial charge in [-0.1, -0.05) is 0 Å². The molecule has 0 saturated carbocycles. The highest BCUT2D eigenvalue weighted by molar-refractivity contribution is 7.16. The molecule has 2 rings (SSSR count). The van der Waals surface area contributed by atoms with E-state index in [4.69, 9.17) is 4.74 Å². The Morgan fingerprint density at radius 1 is 1.67 bits per heavy atom. The van der Waals surface area contributed by atoms with Crippen molar-refractivity contribution in [1.82, 2.24) is 4.98 Å². The summed E-state index contributed by atoms with van der Waals surface area (Å²) in [6, 6.07) is 0. The minimum atomic E-state index is -0.659. The topological polar surface area (TPSA) is 79.7 Å². The number of aromatic nitrogens is 1. The first-order valence-corrected chi connectivity index (χ1v) is 6.47. The summed E-state index contributed by atoms with van der Waals surface area (Å²) >= 11 is 1.25. The Balaban J connectivity index is 2.23. The Bertz CT molecular complexity index is 485. The van der Waals surface area contributed by atoms with E-state index in [9.17, 15) is 14.7 Å². The smallest absolute Gasteiger partial charge is 0.358 e. The van der Waals surface area contributed by atoms with E-state index in [2.05, 4.69) is 4.98 Å². The Morgan fingerprint density at radius 2 is 2.39 bits per heavy atom. The van der Waals surface area contributed by atoms with Crippen molar-refractivity contribution in [3.05, 3.63) is 10.6 Å². The van der Waals surface area contributed by atoms with E-state index in [0.717, 1.165) is 0 Å². The van der Waals surface area contributed by atoms with Gasteiger partial charge in [0, 0.05) is 4.88 Å². The summed E-state index contributed by atoms with van der Waals surface area (Å²) in [6.07, 6.45) is -0.555. The number of aryl methyl sites for hydroxylation is 1. The van der Waals surface area contributed by atoms with Crippen LogP contribution in [0.4, 0.5) is 5.13 Å². The van der Waals surface area contributed by atoms with Crippen molar-refractivity contribution in [2.45, 2.75) is 26.4 Å². The number of hydrogen-bond acceptors (Lipinski definition) is 6. The molecule has 2 heterocycles. The van der Waals surface area contributed by atoms with Crippen molar-refractivity contribution < 1.29 is 19.4 Å². The number of esters is 1. The molecule has 0 aliphatic carbocycles. The van der Waals surface area contributed by atoms with Crippen LogP contribution in [0, 0.1) is 6.92 Å². The summed E-state index contributed by atoms with van der Waals surface area (Å²) < 4.78 is 4.89. The predicted molar refractivity (Wildman–Crippen MR) is 65.8 cm³/mol. The highest BCUT2D eigenvalue weighted by atomic mass is 32.1. The zero-order valence-corrected chi connectivity index (χ0v) is 11.0. The molecule has 18 heavy (non-hydrogen) atoms. The fraction of sp³-hybridized carbons (Fsp3) is 0.545. The number of aliphatic hydroxyl groups is 1. The molecular weight excluding hydrogens is 256 g/mol. The average molecular weight is 270 g/mol. The van der Waals surface area contributed by atoms with Crippen molar-refractivity contribution >= 4 is 28.3 Å². The van der Waals surface area contributed by atoms with E-state index in [-0.39, 0.29) is 31.2 Å². The molecule has 1 aromatic rings. The van der Waals surface area contributed by atoms with Gasteiger partial charge in [-0.25, -0.2) is 9.78 Å². The zero-order chi connectivity index (χ0) is 13.3. The summed E-state index contributed by atoms with van der Waals surface area (Å²) in [5, 5.41) is 9.87. The van der Waals surface area contributed by atoms with Gasteiger partial charge in [0.05, 0.1) is 25.7 Å². The molecule has 0 aromatic carbocycles. The van der Waals surface area contributed by atoms with Gasteiger partial charge in [0.2, 0.25) is 5.91 Å². The lowest BCUT2D eigenvalue weighted by molar-refractivity contribution is -0.117. The van der Waals surface area contributed by atoms with Crippen LogP contribution in [-0.2, 0) is 9.53 Å². The second kappa shape index (κ2) is 5.03. The molecule has 98 valence electrons. The molecule has 1 N–H and O–H groups in total. The molecule has 0 spiro atoms. The largest absolute Gasteiger partial charge is 0.461 e. The number of anilines is 1. The fourth-order valence-corrected chi connectivity index (χ4v) is 2.68. The van der Waals surface area contributed by atoms with Crippen LogP contribution in [-0.4, -0.2) is 41.2 Å². The molecule has 1 aliphatic rings. The lowest BCUT2D eigenvalue weighted by atomic mass is 10.3. The lowest BCUT2D eigenvalue weighted by Crippen LogP contribution is -2.25. The number of rotatable bonds is 3. The summed E-state index contributed by atoms with van der Waals surface area (Å²) in [5.41, 5.74) is 0.242. The van der Waals surface area contributed by atoms with Crippen LogP contribution >= 0.6 is 11.3 Å². The van der Waals surface area contributed by atoms with Crippen LogP contribution in [0.1, 0.15) is 28.7 Å². The number of ether oxygens (including phenoxy) is 1. The van der Waals surface area contributed by atoms with Gasteiger partial charge in [0.25, 0.3) is 0 Å². The molecule has 1 amide bonds. The van der Waals surface area contributed by atoms with E-state index >= 15 is 0 Å². The number of nitrogens with zero attached hydrogens (tertiary/aromatic N) is 2. The normalized spacial score (nSPS) is 19.4. The minimum absolute atomic E-state index is 0.105. The first kappa shape index (κ1) is 13.0. The number of aliphatic hydroxyl groups excluding tert-OH is 1. The van der Waals surface area contributed by atoms with Crippen LogP contribution in [0.2, 0.25) is 0 Å². The third-order valence-electron chi connectivity index (χ3n) is 2.59. The number of carbonyl (C=O) groups excluding carboxylic acids is 2. The standard InChI is InChI=1S/C11H14N2O4S/c1-3-17-10(16)9-6(2)18-11(12-9)13-5-7(14)4-8(13)15/h7,14H,3-5H2,1-2H3. The van der Waals surface area contributed by atoms with Crippen LogP contribution in [0.5, 0.6) is 0 Å². The third kappa shape index (κ3) is 2.37. The second-order valence-electron chi connectivity index (χ2n) is 3.98. The van der Waals surface area contributed by atoms with Gasteiger partial charge in [-0.3, -0.25) is 9.69 Å². The number of carbonyl (C=O) groups is 2. The molecule has 0 radical (unpaired) electrons. The van der Waals surface area contributed by atoms with Crippen molar-refractivity contribution in [2.75, 3.05) is 18.1 Å². The maximum Gasteiger partial charge on any atom is 0.358 e. The molecule has 1 fully saturated rings. The van der Waals surface area contributed by atoms with Crippen molar-refractivity contribution in [3.63, 3.8) is 0 Å². The number of β-amino-alcohol motifs (C(OH)–C–C–N with tert-alkyl or cyclic N) is 1. The van der Waals surface area contributed by atoms with E-state index in [1.165, 1.54) is 16.2 Å². The highest BCUT2D eigenvalue weighted by Crippen LogP contribution is 2.29. The van der Waals surface area contributed by atoms with Gasteiger partial charge in [0.15, 0.2) is 10.8 Å². The van der Waals surface area contributed by atoms with Crippen LogP contribution in [0.25, 0.3) is 0 Å². The number of thiazole rings is 1. The quantitative estimate of drug-likeness (QED) is 0.819. The Labute approximate surface area is 108 Å². The molecule has 1 aliphatic heterocycles. The van der Waals surface area contributed by atoms with E-state index < -0.39 is 12.1 Å². The molecule has 1 unspecified atom stereocenters. The molecule has 1 saturated heterocycles. The van der Waals surface area contributed by atoms with E-state index in [1.54, 1.807) is 13.8 Å². The molecule has 0 bridgehead atoms. The maximum absolute atomic E-state index is 11.6. The second-order valence-corrected chi connectivity index (χ2v) is 5.17. The zero-order valence-electron chi connectivity index (χ0n) is 10.2. The SMILES string of the molecule is CCOC(=O)c1nc(N2CC(O)CC2=O)sc1C. The molecule has 6 nitrogen and oxygen atoms in total. The summed E-state index contributed by atoms with van der Waals surface area (Å²) in [4.78, 5) is 29.5. The Morgan fingerprint density at radius 3 is 2.94 bits per heavy atom. The number of amides is 1. The first-order chi connectivity index (χ1) is 8.52. The summed E-state index contributed by atoms with van der Waals surface area (Å²) in [5.74, 6) is -0.656. The van der Waals surface area contributed by atoms with Gasteiger partial charge in [-0.15, -0.1) is 11.3 Å². The molecular formula is C11H14N2O4S. The third-order valence-corrected chi connectivity index (χ3v) is 3.58. The molecule has 1 aromatic heterocycles. The minimum Gasteiger partial charge on any atom is -0.461 e. The van der Waals surface area contributed by atoms with Crippen molar-refractivity contribution in [1.29, 1.82) is 0 Å². The van der Waals surface area contributed by atoms with Crippen molar-refractivity contribution in [2.24, 2.45) is 0 Å². The summed E-state index contributed by atoms with van der Waals surface area (Å²) in [7, 11) is 0. The van der Waals surface area contributed by atoms with Gasteiger partial charge in [0.1, 0.15) is 0 Å². The monoisotopic (exact) mass is 270 g/mol. The first-order valence-electron chi connectivity index (χ1n) is 5.66. The average Bonchev–Trinajstić information content (AvgIpc) is 2.82. The van der Waals surface area contributed by atoms with Crippen LogP contribution in [0.15, 0.2) is 0 Å². The van der Waals surface area contributed by atoms with Gasteiger partial charge < -0.3 is 9.84 Å². The lowest BCUT2D eigenvalue weighted by Gasteiger charge is -2.10. The highest BCUT2D eigenvalue weighted by Gasteiger charge is 2.32. The van der Waals surface area contributed by atoms with Gasteiger partial charge in [-0.05, 0) is 13.8 Å².